The normalized spacial score (nSPS) is 10.9. The minimum absolute atomic E-state index is 0.000346. The highest BCUT2D eigenvalue weighted by Gasteiger charge is 2.13. The van der Waals surface area contributed by atoms with Crippen molar-refractivity contribution in [3.63, 3.8) is 0 Å². The largest absolute Gasteiger partial charge is 0.504 e. The number of ether oxygens (including phenoxy) is 2. The Kier molecular flexibility index (Phi) is 5.83. The van der Waals surface area contributed by atoms with E-state index in [1.807, 2.05) is 24.3 Å². The average molecular weight is 382 g/mol. The van der Waals surface area contributed by atoms with Gasteiger partial charge in [0.2, 0.25) is 0 Å². The standard InChI is InChI=1S/C20H18N2O4S/c1-25-18-6-4-3-5-14(18)15-10-20(27-22-15)17(24)12-21-11-13-7-8-19(26-2)16(23)9-13/h3-11,23H,12H2,1-2H3. The SMILES string of the molecule is COc1ccc(C=NCC(=O)c2cc(-c3ccccc3OC)ns2)cc1O. The lowest BCUT2D eigenvalue weighted by molar-refractivity contribution is 0.101. The molecule has 0 bridgehead atoms. The molecule has 0 radical (unpaired) electrons. The molecule has 1 aromatic heterocycles. The first kappa shape index (κ1) is 18.6. The quantitative estimate of drug-likeness (QED) is 0.496. The van der Waals surface area contributed by atoms with E-state index >= 15 is 0 Å². The molecular weight excluding hydrogens is 364 g/mol. The molecule has 7 heteroatoms. The molecule has 1 N–H and O–H groups in total. The van der Waals surface area contributed by atoms with Crippen molar-refractivity contribution in [2.75, 3.05) is 20.8 Å². The zero-order valence-corrected chi connectivity index (χ0v) is 15.7. The number of para-hydroxylation sites is 1. The highest BCUT2D eigenvalue weighted by molar-refractivity contribution is 7.08. The van der Waals surface area contributed by atoms with Crippen LogP contribution in [0.1, 0.15) is 15.2 Å². The predicted molar refractivity (Wildman–Crippen MR) is 106 cm³/mol. The van der Waals surface area contributed by atoms with Gasteiger partial charge in [0.1, 0.15) is 12.3 Å². The van der Waals surface area contributed by atoms with Crippen molar-refractivity contribution in [2.45, 2.75) is 0 Å². The van der Waals surface area contributed by atoms with Gasteiger partial charge in [-0.25, -0.2) is 0 Å². The van der Waals surface area contributed by atoms with E-state index in [-0.39, 0.29) is 18.1 Å². The molecule has 0 fully saturated rings. The van der Waals surface area contributed by atoms with Crippen molar-refractivity contribution >= 4 is 23.5 Å². The number of aromatic hydroxyl groups is 1. The van der Waals surface area contributed by atoms with Crippen molar-refractivity contribution < 1.29 is 19.4 Å². The van der Waals surface area contributed by atoms with E-state index in [1.54, 1.807) is 31.5 Å². The molecule has 3 rings (SSSR count). The molecular formula is C20H18N2O4S. The van der Waals surface area contributed by atoms with Gasteiger partial charge >= 0.3 is 0 Å². The number of methoxy groups -OCH3 is 2. The van der Waals surface area contributed by atoms with Crippen LogP contribution in [-0.4, -0.2) is 42.2 Å². The first-order valence-electron chi connectivity index (χ1n) is 8.12. The third kappa shape index (κ3) is 4.32. The zero-order valence-electron chi connectivity index (χ0n) is 14.9. The summed E-state index contributed by atoms with van der Waals surface area (Å²) in [5.74, 6) is 0.996. The summed E-state index contributed by atoms with van der Waals surface area (Å²) in [5, 5.41) is 9.76. The van der Waals surface area contributed by atoms with Crippen LogP contribution < -0.4 is 9.47 Å². The number of carbonyl (C=O) groups is 1. The maximum atomic E-state index is 12.4. The van der Waals surface area contributed by atoms with Crippen molar-refractivity contribution in [3.05, 3.63) is 59.0 Å². The van der Waals surface area contributed by atoms with Crippen LogP contribution in [0.15, 0.2) is 53.5 Å². The number of benzene rings is 2. The molecule has 0 spiro atoms. The number of hydrogen-bond donors (Lipinski definition) is 1. The van der Waals surface area contributed by atoms with Crippen LogP contribution in [0.25, 0.3) is 11.3 Å². The first-order valence-corrected chi connectivity index (χ1v) is 8.90. The summed E-state index contributed by atoms with van der Waals surface area (Å²) in [5.41, 5.74) is 2.22. The van der Waals surface area contributed by atoms with E-state index in [0.717, 1.165) is 17.1 Å². The van der Waals surface area contributed by atoms with Crippen LogP contribution in [0, 0.1) is 0 Å². The molecule has 3 aromatic rings. The molecule has 0 saturated heterocycles. The molecule has 27 heavy (non-hydrogen) atoms. The van der Waals surface area contributed by atoms with E-state index in [0.29, 0.717) is 27.6 Å². The predicted octanol–water partition coefficient (Wildman–Crippen LogP) is 3.83. The highest BCUT2D eigenvalue weighted by atomic mass is 32.1. The Bertz CT molecular complexity index is 982. The van der Waals surface area contributed by atoms with Gasteiger partial charge in [0.15, 0.2) is 17.3 Å². The molecule has 0 aliphatic rings. The Hall–Kier alpha value is -3.19. The molecule has 0 aliphatic heterocycles. The number of nitrogens with zero attached hydrogens (tertiary/aromatic N) is 2. The van der Waals surface area contributed by atoms with E-state index in [9.17, 15) is 9.90 Å². The fraction of sp³-hybridized carbons (Fsp3) is 0.150. The van der Waals surface area contributed by atoms with Crippen molar-refractivity contribution in [1.29, 1.82) is 0 Å². The fourth-order valence-electron chi connectivity index (χ4n) is 2.49. The molecule has 138 valence electrons. The van der Waals surface area contributed by atoms with Crippen LogP contribution in [0.5, 0.6) is 17.2 Å². The van der Waals surface area contributed by atoms with Gasteiger partial charge in [-0.05, 0) is 53.5 Å². The molecule has 1 heterocycles. The first-order chi connectivity index (χ1) is 13.1. The second-order valence-corrected chi connectivity index (χ2v) is 6.41. The molecule has 2 aromatic carbocycles. The van der Waals surface area contributed by atoms with Gasteiger partial charge in [-0.1, -0.05) is 12.1 Å². The summed E-state index contributed by atoms with van der Waals surface area (Å²) in [7, 11) is 3.08. The molecule has 0 aliphatic carbocycles. The minimum Gasteiger partial charge on any atom is -0.504 e. The van der Waals surface area contributed by atoms with Gasteiger partial charge < -0.3 is 14.6 Å². The van der Waals surface area contributed by atoms with Crippen LogP contribution in [0.3, 0.4) is 0 Å². The van der Waals surface area contributed by atoms with Gasteiger partial charge in [-0.2, -0.15) is 4.37 Å². The summed E-state index contributed by atoms with van der Waals surface area (Å²) < 4.78 is 14.7. The lowest BCUT2D eigenvalue weighted by Crippen LogP contribution is -2.01. The van der Waals surface area contributed by atoms with Gasteiger partial charge in [0, 0.05) is 11.8 Å². The number of hydrogen-bond acceptors (Lipinski definition) is 7. The van der Waals surface area contributed by atoms with Crippen molar-refractivity contribution in [3.8, 4) is 28.5 Å². The smallest absolute Gasteiger partial charge is 0.195 e. The molecule has 0 unspecified atom stereocenters. The number of aromatic nitrogens is 1. The topological polar surface area (TPSA) is 81.0 Å². The maximum Gasteiger partial charge on any atom is 0.195 e. The monoisotopic (exact) mass is 382 g/mol. The lowest BCUT2D eigenvalue weighted by Gasteiger charge is -2.04. The minimum atomic E-state index is -0.123. The van der Waals surface area contributed by atoms with Crippen LogP contribution in [-0.2, 0) is 0 Å². The Morgan fingerprint density at radius 2 is 1.93 bits per heavy atom. The summed E-state index contributed by atoms with van der Waals surface area (Å²) in [6, 6.07) is 14.2. The number of phenolic OH excluding ortho intramolecular Hbond substituents is 1. The Labute approximate surface area is 160 Å². The Morgan fingerprint density at radius 3 is 2.67 bits per heavy atom. The number of ketones is 1. The van der Waals surface area contributed by atoms with E-state index < -0.39 is 0 Å². The van der Waals surface area contributed by atoms with Gasteiger partial charge in [0.05, 0.1) is 24.8 Å². The van der Waals surface area contributed by atoms with E-state index in [4.69, 9.17) is 9.47 Å². The second-order valence-electron chi connectivity index (χ2n) is 5.60. The summed E-state index contributed by atoms with van der Waals surface area (Å²) >= 11 is 1.14. The number of carbonyl (C=O) groups excluding carboxylic acids is 1. The van der Waals surface area contributed by atoms with Crippen LogP contribution in [0.2, 0.25) is 0 Å². The Morgan fingerprint density at radius 1 is 1.15 bits per heavy atom. The third-order valence-electron chi connectivity index (χ3n) is 3.85. The number of aliphatic imine (C=N–C) groups is 1. The number of rotatable bonds is 7. The summed E-state index contributed by atoms with van der Waals surface area (Å²) in [4.78, 5) is 17.0. The highest BCUT2D eigenvalue weighted by Crippen LogP contribution is 2.30. The van der Waals surface area contributed by atoms with Crippen molar-refractivity contribution in [1.82, 2.24) is 4.37 Å². The molecule has 0 saturated carbocycles. The van der Waals surface area contributed by atoms with E-state index in [1.165, 1.54) is 13.2 Å². The second kappa shape index (κ2) is 8.46. The molecule has 6 nitrogen and oxygen atoms in total. The number of phenols is 1. The van der Waals surface area contributed by atoms with Crippen LogP contribution in [0.4, 0.5) is 0 Å². The fourth-order valence-corrected chi connectivity index (χ4v) is 3.17. The number of Topliss-reactive ketones (excluding diaryl/α,β-unsaturated/α-hetero) is 1. The summed E-state index contributed by atoms with van der Waals surface area (Å²) in [6.45, 7) is 0.000346. The average Bonchev–Trinajstić information content (AvgIpc) is 3.18. The zero-order chi connectivity index (χ0) is 19.2. The molecule has 0 atom stereocenters. The molecule has 0 amide bonds. The maximum absolute atomic E-state index is 12.4. The van der Waals surface area contributed by atoms with Crippen molar-refractivity contribution in [2.24, 2.45) is 4.99 Å². The van der Waals surface area contributed by atoms with Crippen LogP contribution >= 0.6 is 11.5 Å². The van der Waals surface area contributed by atoms with Gasteiger partial charge in [0.25, 0.3) is 0 Å². The van der Waals surface area contributed by atoms with Gasteiger partial charge in [-0.3, -0.25) is 9.79 Å². The lowest BCUT2D eigenvalue weighted by atomic mass is 10.1. The van der Waals surface area contributed by atoms with Gasteiger partial charge in [-0.15, -0.1) is 0 Å². The summed E-state index contributed by atoms with van der Waals surface area (Å²) in [6.07, 6.45) is 1.54. The van der Waals surface area contributed by atoms with E-state index in [2.05, 4.69) is 9.37 Å². The Balaban J connectivity index is 1.69. The third-order valence-corrected chi connectivity index (χ3v) is 4.68.